The number of anilines is 1. The first kappa shape index (κ1) is 23.9. The van der Waals surface area contributed by atoms with Gasteiger partial charge in [0.15, 0.2) is 0 Å². The van der Waals surface area contributed by atoms with Crippen LogP contribution in [0.1, 0.15) is 21.5 Å². The van der Waals surface area contributed by atoms with E-state index in [1.165, 1.54) is 36.4 Å². The third kappa shape index (κ3) is 6.15. The van der Waals surface area contributed by atoms with Gasteiger partial charge in [-0.25, -0.2) is 4.39 Å². The Bertz CT molecular complexity index is 1290. The van der Waals surface area contributed by atoms with Gasteiger partial charge < -0.3 is 10.6 Å². The Kier molecular flexibility index (Phi) is 7.42. The average Bonchev–Trinajstić information content (AvgIpc) is 2.75. The Morgan fingerprint density at radius 3 is 2.48 bits per heavy atom. The van der Waals surface area contributed by atoms with Gasteiger partial charge in [0.2, 0.25) is 0 Å². The molecule has 0 aliphatic carbocycles. The minimum Gasteiger partial charge on any atom is -0.320 e. The number of carbonyl (C=O) groups is 2. The molecule has 3 aromatic rings. The molecule has 0 aliphatic rings. The van der Waals surface area contributed by atoms with Gasteiger partial charge >= 0.3 is 0 Å². The fraction of sp³-hybridized carbons (Fsp3) is 0.0435. The highest BCUT2D eigenvalue weighted by molar-refractivity contribution is 6.34. The van der Waals surface area contributed by atoms with E-state index in [0.717, 1.165) is 12.1 Å². The molecule has 0 heterocycles. The molecular weight excluding hydrogens is 472 g/mol. The number of nitrogens with zero attached hydrogens (tertiary/aromatic N) is 1. The van der Waals surface area contributed by atoms with Crippen LogP contribution < -0.4 is 10.6 Å². The van der Waals surface area contributed by atoms with E-state index in [4.69, 9.17) is 23.2 Å². The van der Waals surface area contributed by atoms with Crippen molar-refractivity contribution in [3.8, 4) is 0 Å². The molecule has 0 unspecified atom stereocenters. The predicted molar refractivity (Wildman–Crippen MR) is 125 cm³/mol. The molecule has 2 N–H and O–H groups in total. The highest BCUT2D eigenvalue weighted by Crippen LogP contribution is 2.22. The lowest BCUT2D eigenvalue weighted by atomic mass is 10.1. The minimum atomic E-state index is -0.764. The Balaban J connectivity index is 1.98. The summed E-state index contributed by atoms with van der Waals surface area (Å²) < 4.78 is 13.3. The molecule has 0 saturated carbocycles. The summed E-state index contributed by atoms with van der Waals surface area (Å²) in [6, 6.07) is 13.6. The zero-order valence-corrected chi connectivity index (χ0v) is 18.6. The Hall–Kier alpha value is -3.75. The lowest BCUT2D eigenvalue weighted by Crippen LogP contribution is -2.31. The van der Waals surface area contributed by atoms with Gasteiger partial charge in [-0.05, 0) is 60.5 Å². The zero-order valence-electron chi connectivity index (χ0n) is 17.1. The van der Waals surface area contributed by atoms with Crippen LogP contribution in [-0.4, -0.2) is 16.7 Å². The molecule has 3 aromatic carbocycles. The third-order valence-electron chi connectivity index (χ3n) is 4.50. The first-order valence-electron chi connectivity index (χ1n) is 9.44. The summed E-state index contributed by atoms with van der Waals surface area (Å²) in [5.41, 5.74) is 0.966. The smallest absolute Gasteiger partial charge is 0.272 e. The van der Waals surface area contributed by atoms with Crippen LogP contribution in [0.25, 0.3) is 6.08 Å². The molecule has 33 heavy (non-hydrogen) atoms. The van der Waals surface area contributed by atoms with E-state index in [1.54, 1.807) is 25.1 Å². The zero-order chi connectivity index (χ0) is 24.1. The van der Waals surface area contributed by atoms with Gasteiger partial charge in [-0.2, -0.15) is 0 Å². The van der Waals surface area contributed by atoms with Crippen molar-refractivity contribution in [1.82, 2.24) is 5.32 Å². The second kappa shape index (κ2) is 10.2. The Labute approximate surface area is 198 Å². The van der Waals surface area contributed by atoms with Crippen LogP contribution in [0.3, 0.4) is 0 Å². The molecule has 0 radical (unpaired) electrons. The maximum atomic E-state index is 13.3. The monoisotopic (exact) mass is 487 g/mol. The molecule has 168 valence electrons. The standard InChI is InChI=1S/C23H16Cl2FN3O4/c1-13-9-15(24)5-8-20(13)27-23(31)21(11-14-3-2-4-17(10-14)29(32)33)28-22(30)18-7-6-16(26)12-19(18)25/h2-12H,1H3,(H,27,31)(H,28,30). The van der Waals surface area contributed by atoms with E-state index in [-0.39, 0.29) is 22.0 Å². The molecule has 0 saturated heterocycles. The number of nitro benzene ring substituents is 1. The number of halogens is 3. The number of non-ortho nitro benzene ring substituents is 1. The maximum absolute atomic E-state index is 13.3. The number of amides is 2. The lowest BCUT2D eigenvalue weighted by molar-refractivity contribution is -0.384. The van der Waals surface area contributed by atoms with Gasteiger partial charge in [-0.15, -0.1) is 0 Å². The SMILES string of the molecule is Cc1cc(Cl)ccc1NC(=O)C(=Cc1cccc([N+](=O)[O-])c1)NC(=O)c1ccc(F)cc1Cl. The molecule has 10 heteroatoms. The van der Waals surface area contributed by atoms with Crippen LogP contribution in [-0.2, 0) is 4.79 Å². The fourth-order valence-electron chi connectivity index (χ4n) is 2.87. The highest BCUT2D eigenvalue weighted by Gasteiger charge is 2.18. The van der Waals surface area contributed by atoms with Crippen LogP contribution >= 0.6 is 23.2 Å². The van der Waals surface area contributed by atoms with Crippen LogP contribution in [0.4, 0.5) is 15.8 Å². The van der Waals surface area contributed by atoms with Gasteiger partial charge in [-0.1, -0.05) is 35.3 Å². The number of nitro groups is 1. The van der Waals surface area contributed by atoms with Crippen molar-refractivity contribution in [3.63, 3.8) is 0 Å². The van der Waals surface area contributed by atoms with E-state index >= 15 is 0 Å². The van der Waals surface area contributed by atoms with Crippen molar-refractivity contribution in [2.75, 3.05) is 5.32 Å². The molecule has 0 atom stereocenters. The number of hydrogen-bond acceptors (Lipinski definition) is 4. The van der Waals surface area contributed by atoms with Crippen molar-refractivity contribution < 1.29 is 18.9 Å². The molecule has 0 spiro atoms. The minimum absolute atomic E-state index is 0.0570. The molecule has 7 nitrogen and oxygen atoms in total. The summed E-state index contributed by atoms with van der Waals surface area (Å²) in [4.78, 5) is 36.3. The summed E-state index contributed by atoms with van der Waals surface area (Å²) in [6.07, 6.45) is 1.28. The van der Waals surface area contributed by atoms with Crippen LogP contribution in [0.5, 0.6) is 0 Å². The molecule has 2 amide bonds. The van der Waals surface area contributed by atoms with Crippen molar-refractivity contribution in [1.29, 1.82) is 0 Å². The summed E-state index contributed by atoms with van der Waals surface area (Å²) in [7, 11) is 0. The maximum Gasteiger partial charge on any atom is 0.272 e. The number of aryl methyl sites for hydroxylation is 1. The van der Waals surface area contributed by atoms with E-state index in [9.17, 15) is 24.1 Å². The topological polar surface area (TPSA) is 101 Å². The molecule has 0 aromatic heterocycles. The third-order valence-corrected chi connectivity index (χ3v) is 5.05. The summed E-state index contributed by atoms with van der Waals surface area (Å²) in [5, 5.41) is 16.5. The van der Waals surface area contributed by atoms with Gasteiger partial charge in [0.05, 0.1) is 15.5 Å². The van der Waals surface area contributed by atoms with E-state index in [2.05, 4.69) is 10.6 Å². The van der Waals surface area contributed by atoms with E-state index in [0.29, 0.717) is 21.8 Å². The Morgan fingerprint density at radius 2 is 1.82 bits per heavy atom. The first-order valence-corrected chi connectivity index (χ1v) is 10.2. The van der Waals surface area contributed by atoms with Crippen LogP contribution in [0.15, 0.2) is 66.4 Å². The average molecular weight is 488 g/mol. The second-order valence-corrected chi connectivity index (χ2v) is 7.75. The number of rotatable bonds is 6. The van der Waals surface area contributed by atoms with Crippen molar-refractivity contribution >= 4 is 52.5 Å². The summed E-state index contributed by atoms with van der Waals surface area (Å²) >= 11 is 11.9. The van der Waals surface area contributed by atoms with Gasteiger partial charge in [0.25, 0.3) is 17.5 Å². The molecular formula is C23H16Cl2FN3O4. The number of carbonyl (C=O) groups excluding carboxylic acids is 2. The largest absolute Gasteiger partial charge is 0.320 e. The molecule has 0 bridgehead atoms. The van der Waals surface area contributed by atoms with Gasteiger partial charge in [0, 0.05) is 22.8 Å². The normalized spacial score (nSPS) is 11.1. The van der Waals surface area contributed by atoms with Crippen molar-refractivity contribution in [3.05, 3.63) is 109 Å². The van der Waals surface area contributed by atoms with Crippen LogP contribution in [0.2, 0.25) is 10.0 Å². The van der Waals surface area contributed by atoms with Gasteiger partial charge in [-0.3, -0.25) is 19.7 Å². The summed E-state index contributed by atoms with van der Waals surface area (Å²) in [6.45, 7) is 1.74. The molecule has 0 fully saturated rings. The second-order valence-electron chi connectivity index (χ2n) is 6.90. The van der Waals surface area contributed by atoms with E-state index in [1.807, 2.05) is 0 Å². The predicted octanol–water partition coefficient (Wildman–Crippen LogP) is 5.76. The van der Waals surface area contributed by atoms with Crippen molar-refractivity contribution in [2.45, 2.75) is 6.92 Å². The molecule has 0 aliphatic heterocycles. The fourth-order valence-corrected chi connectivity index (χ4v) is 3.35. The first-order chi connectivity index (χ1) is 15.6. The summed E-state index contributed by atoms with van der Waals surface area (Å²) in [5.74, 6) is -2.09. The number of benzene rings is 3. The van der Waals surface area contributed by atoms with Crippen LogP contribution in [0, 0.1) is 22.9 Å². The Morgan fingerprint density at radius 1 is 1.06 bits per heavy atom. The number of hydrogen-bond donors (Lipinski definition) is 2. The number of nitrogens with one attached hydrogen (secondary N) is 2. The quantitative estimate of drug-likeness (QED) is 0.262. The van der Waals surface area contributed by atoms with Gasteiger partial charge in [0.1, 0.15) is 11.5 Å². The van der Waals surface area contributed by atoms with Crippen molar-refractivity contribution in [2.24, 2.45) is 0 Å². The highest BCUT2D eigenvalue weighted by atomic mass is 35.5. The van der Waals surface area contributed by atoms with E-state index < -0.39 is 22.6 Å². The lowest BCUT2D eigenvalue weighted by Gasteiger charge is -2.13. The molecule has 3 rings (SSSR count).